The summed E-state index contributed by atoms with van der Waals surface area (Å²) >= 11 is 0. The highest BCUT2D eigenvalue weighted by Gasteiger charge is 2.25. The van der Waals surface area contributed by atoms with Gasteiger partial charge in [0.15, 0.2) is 0 Å². The first kappa shape index (κ1) is 20.1. The molecule has 1 aliphatic heterocycles. The van der Waals surface area contributed by atoms with Gasteiger partial charge in [0, 0.05) is 26.3 Å². The quantitative estimate of drug-likeness (QED) is 0.774. The van der Waals surface area contributed by atoms with E-state index in [0.29, 0.717) is 23.6 Å². The van der Waals surface area contributed by atoms with Crippen LogP contribution in [0.2, 0.25) is 0 Å². The summed E-state index contributed by atoms with van der Waals surface area (Å²) in [4.78, 5) is 20.4. The van der Waals surface area contributed by atoms with Crippen LogP contribution in [0.25, 0.3) is 12.2 Å². The van der Waals surface area contributed by atoms with Crippen LogP contribution >= 0.6 is 0 Å². The van der Waals surface area contributed by atoms with Gasteiger partial charge in [-0.1, -0.05) is 30.3 Å². The monoisotopic (exact) mass is 386 g/mol. The van der Waals surface area contributed by atoms with E-state index in [0.717, 1.165) is 16.8 Å². The molecule has 1 N–H and O–H groups in total. The van der Waals surface area contributed by atoms with Gasteiger partial charge >= 0.3 is 0 Å². The van der Waals surface area contributed by atoms with E-state index in [1.165, 1.54) is 4.90 Å². The maximum Gasteiger partial charge on any atom is 0.277 e. The van der Waals surface area contributed by atoms with Crippen LogP contribution in [0, 0.1) is 11.3 Å². The Kier molecular flexibility index (Phi) is 6.22. The van der Waals surface area contributed by atoms with Gasteiger partial charge in [0.1, 0.15) is 11.5 Å². The largest absolute Gasteiger partial charge is 0.395 e. The predicted octanol–water partition coefficient (Wildman–Crippen LogP) is 2.91. The van der Waals surface area contributed by atoms with Gasteiger partial charge in [0.05, 0.1) is 18.2 Å². The maximum absolute atomic E-state index is 12.5. The number of carbonyl (C=O) groups excluding carboxylic acids is 1. The van der Waals surface area contributed by atoms with Crippen LogP contribution < -0.4 is 4.90 Å². The molecule has 1 amide bonds. The first-order chi connectivity index (χ1) is 14.0. The Bertz CT molecular complexity index is 1030. The van der Waals surface area contributed by atoms with Gasteiger partial charge in [-0.25, -0.2) is 4.99 Å². The number of nitriles is 1. The normalized spacial score (nSPS) is 15.1. The van der Waals surface area contributed by atoms with Crippen LogP contribution in [-0.4, -0.2) is 49.0 Å². The molecule has 0 saturated carbocycles. The number of rotatable bonds is 6. The third-order valence-corrected chi connectivity index (χ3v) is 4.62. The second kappa shape index (κ2) is 9.00. The van der Waals surface area contributed by atoms with Gasteiger partial charge in [0.2, 0.25) is 0 Å². The van der Waals surface area contributed by atoms with Crippen LogP contribution in [-0.2, 0) is 4.79 Å². The summed E-state index contributed by atoms with van der Waals surface area (Å²) < 4.78 is 0. The Hall–Kier alpha value is -3.69. The van der Waals surface area contributed by atoms with Gasteiger partial charge in [-0.15, -0.1) is 0 Å². The van der Waals surface area contributed by atoms with Crippen molar-refractivity contribution in [3.8, 4) is 6.07 Å². The van der Waals surface area contributed by atoms with E-state index in [4.69, 9.17) is 10.4 Å². The fraction of sp³-hybridized carbons (Fsp3) is 0.174. The number of amides is 1. The topological polar surface area (TPSA) is 79.9 Å². The van der Waals surface area contributed by atoms with Crippen LogP contribution in [0.15, 0.2) is 65.3 Å². The number of hydrogen-bond acceptors (Lipinski definition) is 5. The lowest BCUT2D eigenvalue weighted by Crippen LogP contribution is -2.26. The van der Waals surface area contributed by atoms with Crippen LogP contribution in [0.5, 0.6) is 0 Å². The van der Waals surface area contributed by atoms with Gasteiger partial charge < -0.3 is 10.0 Å². The molecule has 0 atom stereocenters. The van der Waals surface area contributed by atoms with E-state index in [-0.39, 0.29) is 12.5 Å². The highest BCUT2D eigenvalue weighted by atomic mass is 16.3. The molecule has 0 spiro atoms. The SMILES string of the molecule is CN1C(=O)/C(=C/c2ccc(N(C)CCO)cc2)N=C1/C=C/c1cccc(C#N)c1. The van der Waals surface area contributed by atoms with E-state index in [1.54, 1.807) is 31.3 Å². The van der Waals surface area contributed by atoms with E-state index >= 15 is 0 Å². The number of aliphatic hydroxyl groups excluding tert-OH is 1. The van der Waals surface area contributed by atoms with Crippen molar-refractivity contribution in [3.63, 3.8) is 0 Å². The summed E-state index contributed by atoms with van der Waals surface area (Å²) in [5.74, 6) is 0.375. The van der Waals surface area contributed by atoms with Gasteiger partial charge in [0.25, 0.3) is 5.91 Å². The second-order valence-corrected chi connectivity index (χ2v) is 6.67. The predicted molar refractivity (Wildman–Crippen MR) is 115 cm³/mol. The first-order valence-corrected chi connectivity index (χ1v) is 9.20. The number of hydrogen-bond donors (Lipinski definition) is 1. The van der Waals surface area contributed by atoms with E-state index in [9.17, 15) is 4.79 Å². The highest BCUT2D eigenvalue weighted by Crippen LogP contribution is 2.20. The molecule has 0 radical (unpaired) electrons. The van der Waals surface area contributed by atoms with Crippen LogP contribution in [0.3, 0.4) is 0 Å². The second-order valence-electron chi connectivity index (χ2n) is 6.67. The maximum atomic E-state index is 12.5. The standard InChI is InChI=1S/C23H22N4O2/c1-26(12-13-28)20-9-6-18(7-10-20)15-21-23(29)27(2)22(25-21)11-8-17-4-3-5-19(14-17)16-24/h3-11,14-15,28H,12-13H2,1-2H3/b11-8+,21-15-. The lowest BCUT2D eigenvalue weighted by Gasteiger charge is -2.17. The van der Waals surface area contributed by atoms with E-state index in [2.05, 4.69) is 11.1 Å². The van der Waals surface area contributed by atoms with Crippen molar-refractivity contribution in [1.29, 1.82) is 5.26 Å². The van der Waals surface area contributed by atoms with Crippen LogP contribution in [0.4, 0.5) is 5.69 Å². The van der Waals surface area contributed by atoms with Crippen molar-refractivity contribution in [3.05, 3.63) is 77.0 Å². The first-order valence-electron chi connectivity index (χ1n) is 9.20. The summed E-state index contributed by atoms with van der Waals surface area (Å²) in [5, 5.41) is 18.0. The van der Waals surface area contributed by atoms with Crippen molar-refractivity contribution in [2.45, 2.75) is 0 Å². The molecule has 1 aliphatic rings. The Morgan fingerprint density at radius 1 is 1.17 bits per heavy atom. The Morgan fingerprint density at radius 3 is 2.62 bits per heavy atom. The van der Waals surface area contributed by atoms with Crippen LogP contribution in [0.1, 0.15) is 16.7 Å². The fourth-order valence-corrected chi connectivity index (χ4v) is 2.91. The molecule has 0 unspecified atom stereocenters. The molecule has 0 saturated heterocycles. The number of likely N-dealkylation sites (N-methyl/N-ethyl adjacent to an activating group) is 2. The van der Waals surface area contributed by atoms with Gasteiger partial charge in [-0.05, 0) is 47.5 Å². The third-order valence-electron chi connectivity index (χ3n) is 4.62. The van der Waals surface area contributed by atoms with Crippen molar-refractivity contribution in [2.24, 2.45) is 4.99 Å². The lowest BCUT2D eigenvalue weighted by molar-refractivity contribution is -0.121. The molecule has 2 aromatic carbocycles. The Labute approximate surface area is 170 Å². The Morgan fingerprint density at radius 2 is 1.93 bits per heavy atom. The average molecular weight is 386 g/mol. The van der Waals surface area contributed by atoms with Crippen molar-refractivity contribution in [1.82, 2.24) is 4.90 Å². The van der Waals surface area contributed by atoms with E-state index in [1.807, 2.05) is 54.4 Å². The van der Waals surface area contributed by atoms with Crippen molar-refractivity contribution >= 4 is 29.6 Å². The van der Waals surface area contributed by atoms with Crippen molar-refractivity contribution < 1.29 is 9.90 Å². The van der Waals surface area contributed by atoms with Crippen molar-refractivity contribution in [2.75, 3.05) is 32.1 Å². The summed E-state index contributed by atoms with van der Waals surface area (Å²) in [5.41, 5.74) is 3.68. The minimum absolute atomic E-state index is 0.0922. The highest BCUT2D eigenvalue weighted by molar-refractivity contribution is 6.18. The zero-order valence-corrected chi connectivity index (χ0v) is 16.4. The molecule has 2 aromatic rings. The zero-order valence-electron chi connectivity index (χ0n) is 16.4. The number of aliphatic imine (C=N–C) groups is 1. The number of benzene rings is 2. The molecule has 3 rings (SSSR count). The number of amidine groups is 1. The molecule has 1 heterocycles. The molecule has 0 bridgehead atoms. The molecule has 6 nitrogen and oxygen atoms in total. The molecular weight excluding hydrogens is 364 g/mol. The summed E-state index contributed by atoms with van der Waals surface area (Å²) in [7, 11) is 3.60. The fourth-order valence-electron chi connectivity index (χ4n) is 2.91. The smallest absolute Gasteiger partial charge is 0.277 e. The molecule has 0 aliphatic carbocycles. The minimum Gasteiger partial charge on any atom is -0.395 e. The minimum atomic E-state index is -0.170. The molecular formula is C23H22N4O2. The molecule has 29 heavy (non-hydrogen) atoms. The number of anilines is 1. The number of nitrogens with zero attached hydrogens (tertiary/aromatic N) is 4. The Balaban J connectivity index is 1.79. The molecule has 146 valence electrons. The van der Waals surface area contributed by atoms with Gasteiger partial charge in [-0.2, -0.15) is 5.26 Å². The molecule has 6 heteroatoms. The summed E-state index contributed by atoms with van der Waals surface area (Å²) in [6.45, 7) is 0.649. The zero-order chi connectivity index (χ0) is 20.8. The summed E-state index contributed by atoms with van der Waals surface area (Å²) in [6, 6.07) is 17.1. The molecule has 0 aromatic heterocycles. The lowest BCUT2D eigenvalue weighted by atomic mass is 10.1. The molecule has 0 fully saturated rings. The number of carbonyl (C=O) groups is 1. The number of aliphatic hydroxyl groups is 1. The van der Waals surface area contributed by atoms with E-state index < -0.39 is 0 Å². The average Bonchev–Trinajstić information content (AvgIpc) is 3.01. The third kappa shape index (κ3) is 4.78. The summed E-state index contributed by atoms with van der Waals surface area (Å²) in [6.07, 6.45) is 5.35. The van der Waals surface area contributed by atoms with Gasteiger partial charge in [-0.3, -0.25) is 9.69 Å².